The van der Waals surface area contributed by atoms with Crippen LogP contribution in [0.25, 0.3) is 0 Å². The average molecular weight is 388 g/mol. The summed E-state index contributed by atoms with van der Waals surface area (Å²) in [5, 5.41) is 16.6. The van der Waals surface area contributed by atoms with Gasteiger partial charge in [-0.3, -0.25) is 14.6 Å². The number of carbonyl (C=O) groups excluding carboxylic acids is 2. The average Bonchev–Trinajstić information content (AvgIpc) is 3.34. The molecule has 0 aromatic carbocycles. The Bertz CT molecular complexity index is 871. The Labute approximate surface area is 162 Å². The summed E-state index contributed by atoms with van der Waals surface area (Å²) < 4.78 is 12.7. The molecule has 2 aliphatic rings. The number of alkyl carbamates (subject to hydrolysis) is 1. The fourth-order valence-electron chi connectivity index (χ4n) is 3.50. The molecule has 2 amide bonds. The number of nitrogens with one attached hydrogen (secondary N) is 3. The van der Waals surface area contributed by atoms with Gasteiger partial charge in [0, 0.05) is 31.3 Å². The van der Waals surface area contributed by atoms with Crippen LogP contribution in [0.1, 0.15) is 54.9 Å². The number of aryl methyl sites for hydroxylation is 1. The van der Waals surface area contributed by atoms with Gasteiger partial charge in [-0.05, 0) is 32.3 Å². The minimum absolute atomic E-state index is 0.139. The molecule has 150 valence electrons. The summed E-state index contributed by atoms with van der Waals surface area (Å²) in [5.74, 6) is 0.0950. The fourth-order valence-corrected chi connectivity index (χ4v) is 3.50. The van der Waals surface area contributed by atoms with Crippen molar-refractivity contribution in [2.75, 3.05) is 11.9 Å². The number of H-pyrrole nitrogens is 1. The lowest BCUT2D eigenvalue weighted by molar-refractivity contribution is 0.0603. The first-order valence-electron chi connectivity index (χ1n) is 9.37. The number of aromatic amines is 1. The van der Waals surface area contributed by atoms with Gasteiger partial charge in [-0.1, -0.05) is 0 Å². The van der Waals surface area contributed by atoms with Crippen LogP contribution in [-0.4, -0.2) is 50.2 Å². The van der Waals surface area contributed by atoms with Gasteiger partial charge in [0.1, 0.15) is 17.9 Å². The molecule has 2 fully saturated rings. The normalized spacial score (nSPS) is 23.1. The van der Waals surface area contributed by atoms with Gasteiger partial charge in [-0.2, -0.15) is 10.2 Å². The number of hydrogen-bond acceptors (Lipinski definition) is 6. The second-order valence-electron chi connectivity index (χ2n) is 7.63. The maximum atomic E-state index is 12.2. The highest BCUT2D eigenvalue weighted by Gasteiger charge is 2.36. The predicted molar refractivity (Wildman–Crippen MR) is 98.7 cm³/mol. The van der Waals surface area contributed by atoms with E-state index in [0.717, 1.165) is 25.0 Å². The molecule has 1 aliphatic carbocycles. The molecule has 3 N–H and O–H groups in total. The van der Waals surface area contributed by atoms with Crippen molar-refractivity contribution in [1.82, 2.24) is 25.3 Å². The Morgan fingerprint density at radius 2 is 2.25 bits per heavy atom. The summed E-state index contributed by atoms with van der Waals surface area (Å²) in [6.45, 7) is 2.35. The van der Waals surface area contributed by atoms with Crippen LogP contribution in [0.5, 0.6) is 0 Å². The van der Waals surface area contributed by atoms with Crippen molar-refractivity contribution in [2.45, 2.75) is 50.4 Å². The van der Waals surface area contributed by atoms with Crippen LogP contribution in [0.2, 0.25) is 0 Å². The molecule has 2 aromatic rings. The highest BCUT2D eigenvalue weighted by molar-refractivity contribution is 6.02. The molecule has 2 atom stereocenters. The predicted octanol–water partition coefficient (Wildman–Crippen LogP) is 1.89. The summed E-state index contributed by atoms with van der Waals surface area (Å²) in [6, 6.07) is 3.34. The third kappa shape index (κ3) is 3.86. The van der Waals surface area contributed by atoms with E-state index in [1.54, 1.807) is 25.4 Å². The van der Waals surface area contributed by atoms with Gasteiger partial charge >= 0.3 is 6.09 Å². The van der Waals surface area contributed by atoms with Crippen molar-refractivity contribution in [2.24, 2.45) is 7.05 Å². The Kier molecular flexibility index (Phi) is 4.80. The molecule has 10 heteroatoms. The van der Waals surface area contributed by atoms with E-state index >= 15 is 0 Å². The zero-order valence-corrected chi connectivity index (χ0v) is 15.9. The molecule has 10 nitrogen and oxygen atoms in total. The van der Waals surface area contributed by atoms with Crippen molar-refractivity contribution in [3.05, 3.63) is 29.7 Å². The lowest BCUT2D eigenvalue weighted by Crippen LogP contribution is -2.51. The zero-order chi connectivity index (χ0) is 19.7. The van der Waals surface area contributed by atoms with Crippen LogP contribution in [0, 0.1) is 0 Å². The standard InChI is InChI=1S/C18H24N6O4/c1-18(5-3-6-18)21-17(26)28-11-8-14(27-10-11)12-9-15(23-22-12)20-16(25)13-4-7-19-24(13)2/h4,7,9,11,14H,3,5-6,8,10H2,1-2H3,(H,21,26)(H2,20,22,23,25). The van der Waals surface area contributed by atoms with Crippen LogP contribution in [-0.2, 0) is 16.5 Å². The molecule has 1 saturated heterocycles. The maximum absolute atomic E-state index is 12.2. The molecule has 1 saturated carbocycles. The first-order chi connectivity index (χ1) is 13.4. The van der Waals surface area contributed by atoms with Crippen molar-refractivity contribution in [1.29, 1.82) is 0 Å². The second kappa shape index (κ2) is 7.27. The largest absolute Gasteiger partial charge is 0.444 e. The van der Waals surface area contributed by atoms with Gasteiger partial charge in [-0.15, -0.1) is 0 Å². The summed E-state index contributed by atoms with van der Waals surface area (Å²) in [4.78, 5) is 24.3. The number of hydrogen-bond donors (Lipinski definition) is 3. The van der Waals surface area contributed by atoms with Crippen LogP contribution in [0.15, 0.2) is 18.3 Å². The Hall–Kier alpha value is -2.88. The molecule has 4 rings (SSSR count). The molecule has 3 heterocycles. The van der Waals surface area contributed by atoms with Gasteiger partial charge in [0.05, 0.1) is 12.3 Å². The minimum atomic E-state index is -0.398. The topological polar surface area (TPSA) is 123 Å². The van der Waals surface area contributed by atoms with Gasteiger partial charge in [-0.25, -0.2) is 4.79 Å². The number of rotatable bonds is 5. The Morgan fingerprint density at radius 1 is 1.43 bits per heavy atom. The molecule has 2 aromatic heterocycles. The van der Waals surface area contributed by atoms with Crippen LogP contribution in [0.4, 0.5) is 10.6 Å². The monoisotopic (exact) mass is 388 g/mol. The van der Waals surface area contributed by atoms with E-state index in [1.165, 1.54) is 4.68 Å². The molecule has 1 aliphatic heterocycles. The Balaban J connectivity index is 1.29. The fraction of sp³-hybridized carbons (Fsp3) is 0.556. The zero-order valence-electron chi connectivity index (χ0n) is 15.9. The van der Waals surface area contributed by atoms with E-state index in [9.17, 15) is 9.59 Å². The first-order valence-corrected chi connectivity index (χ1v) is 9.37. The van der Waals surface area contributed by atoms with Gasteiger partial charge < -0.3 is 20.1 Å². The van der Waals surface area contributed by atoms with Crippen molar-refractivity contribution < 1.29 is 19.1 Å². The SMILES string of the molecule is Cn1nccc1C(=O)Nc1cc(C2CC(OC(=O)NC3(C)CCC3)CO2)[nH]n1. The van der Waals surface area contributed by atoms with Gasteiger partial charge in [0.15, 0.2) is 5.82 Å². The summed E-state index contributed by atoms with van der Waals surface area (Å²) >= 11 is 0. The number of amides is 2. The molecule has 0 bridgehead atoms. The summed E-state index contributed by atoms with van der Waals surface area (Å²) in [6.07, 6.45) is 4.19. The highest BCUT2D eigenvalue weighted by atomic mass is 16.6. The van der Waals surface area contributed by atoms with E-state index in [-0.39, 0.29) is 23.7 Å². The van der Waals surface area contributed by atoms with Crippen molar-refractivity contribution in [3.63, 3.8) is 0 Å². The summed E-state index contributed by atoms with van der Waals surface area (Å²) in [7, 11) is 1.69. The third-order valence-electron chi connectivity index (χ3n) is 5.33. The number of carbonyl (C=O) groups is 2. The quantitative estimate of drug-likeness (QED) is 0.719. The van der Waals surface area contributed by atoms with Gasteiger partial charge in [0.25, 0.3) is 5.91 Å². The number of nitrogens with zero attached hydrogens (tertiary/aromatic N) is 3. The van der Waals surface area contributed by atoms with E-state index < -0.39 is 6.09 Å². The van der Waals surface area contributed by atoms with E-state index in [2.05, 4.69) is 25.9 Å². The second-order valence-corrected chi connectivity index (χ2v) is 7.63. The van der Waals surface area contributed by atoms with Crippen LogP contribution in [0.3, 0.4) is 0 Å². The number of ether oxygens (including phenoxy) is 2. The summed E-state index contributed by atoms with van der Waals surface area (Å²) in [5.41, 5.74) is 1.01. The van der Waals surface area contributed by atoms with E-state index in [4.69, 9.17) is 9.47 Å². The molecular weight excluding hydrogens is 364 g/mol. The van der Waals surface area contributed by atoms with Gasteiger partial charge in [0.2, 0.25) is 0 Å². The maximum Gasteiger partial charge on any atom is 0.407 e. The highest BCUT2D eigenvalue weighted by Crippen LogP contribution is 2.32. The minimum Gasteiger partial charge on any atom is -0.444 e. The lowest BCUT2D eigenvalue weighted by atomic mass is 9.79. The Morgan fingerprint density at radius 3 is 2.93 bits per heavy atom. The lowest BCUT2D eigenvalue weighted by Gasteiger charge is -2.38. The van der Waals surface area contributed by atoms with E-state index in [0.29, 0.717) is 24.5 Å². The smallest absolute Gasteiger partial charge is 0.407 e. The van der Waals surface area contributed by atoms with Crippen LogP contribution >= 0.6 is 0 Å². The first kappa shape index (κ1) is 18.5. The van der Waals surface area contributed by atoms with Crippen molar-refractivity contribution >= 4 is 17.8 Å². The van der Waals surface area contributed by atoms with Crippen molar-refractivity contribution in [3.8, 4) is 0 Å². The third-order valence-corrected chi connectivity index (χ3v) is 5.33. The molecule has 0 spiro atoms. The van der Waals surface area contributed by atoms with E-state index in [1.807, 2.05) is 6.92 Å². The van der Waals surface area contributed by atoms with Crippen LogP contribution < -0.4 is 10.6 Å². The molecule has 28 heavy (non-hydrogen) atoms. The molecule has 0 radical (unpaired) electrons. The molecule has 2 unspecified atom stereocenters. The number of anilines is 1. The number of aromatic nitrogens is 4. The molecular formula is C18H24N6O4.